The Balaban J connectivity index is 1.53. The van der Waals surface area contributed by atoms with E-state index in [2.05, 4.69) is 20.8 Å². The molecule has 0 aliphatic heterocycles. The summed E-state index contributed by atoms with van der Waals surface area (Å²) in [6.45, 7) is 0.100. The first-order valence-corrected chi connectivity index (χ1v) is 8.12. The summed E-state index contributed by atoms with van der Waals surface area (Å²) < 4.78 is 6.29. The summed E-state index contributed by atoms with van der Waals surface area (Å²) >= 11 is 1.51. The van der Waals surface area contributed by atoms with E-state index in [1.165, 1.54) is 11.3 Å². The van der Waals surface area contributed by atoms with Gasteiger partial charge in [0.15, 0.2) is 5.13 Å². The summed E-state index contributed by atoms with van der Waals surface area (Å²) in [7, 11) is 1.59. The number of anilines is 1. The van der Waals surface area contributed by atoms with Crippen LogP contribution in [0.5, 0.6) is 5.75 Å². The van der Waals surface area contributed by atoms with Crippen molar-refractivity contribution in [1.82, 2.24) is 10.4 Å². The van der Waals surface area contributed by atoms with Crippen LogP contribution in [0.1, 0.15) is 5.56 Å². The quantitative estimate of drug-likeness (QED) is 0.534. The Bertz CT molecular complexity index is 843. The third-order valence-corrected chi connectivity index (χ3v) is 4.22. The van der Waals surface area contributed by atoms with Gasteiger partial charge in [-0.1, -0.05) is 35.6 Å². The van der Waals surface area contributed by atoms with Crippen LogP contribution in [0.3, 0.4) is 0 Å². The average molecular weight is 340 g/mol. The van der Waals surface area contributed by atoms with Crippen LogP contribution in [0.25, 0.3) is 10.2 Å². The number of hydrogen-bond acceptors (Lipinski definition) is 6. The van der Waals surface area contributed by atoms with Gasteiger partial charge >= 0.3 is 0 Å². The molecule has 3 aromatic rings. The zero-order chi connectivity index (χ0) is 16.8. The lowest BCUT2D eigenvalue weighted by Gasteiger charge is -2.03. The summed E-state index contributed by atoms with van der Waals surface area (Å²) in [5.41, 5.74) is 4.18. The van der Waals surface area contributed by atoms with Crippen molar-refractivity contribution in [2.45, 2.75) is 0 Å². The number of carbonyl (C=O) groups is 1. The van der Waals surface area contributed by atoms with Crippen LogP contribution < -0.4 is 15.5 Å². The van der Waals surface area contributed by atoms with Crippen molar-refractivity contribution in [3.05, 3.63) is 54.1 Å². The average Bonchev–Trinajstić information content (AvgIpc) is 3.03. The summed E-state index contributed by atoms with van der Waals surface area (Å²) in [6.07, 6.45) is 1.55. The predicted molar refractivity (Wildman–Crippen MR) is 96.8 cm³/mol. The van der Waals surface area contributed by atoms with E-state index < -0.39 is 0 Å². The molecule has 2 N–H and O–H groups in total. The van der Waals surface area contributed by atoms with Gasteiger partial charge in [0.2, 0.25) is 0 Å². The lowest BCUT2D eigenvalue weighted by Crippen LogP contribution is -2.25. The third-order valence-electron chi connectivity index (χ3n) is 3.23. The molecule has 2 aromatic carbocycles. The molecule has 24 heavy (non-hydrogen) atoms. The molecule has 6 nitrogen and oxygen atoms in total. The number of nitrogens with zero attached hydrogens (tertiary/aromatic N) is 2. The van der Waals surface area contributed by atoms with Gasteiger partial charge in [-0.3, -0.25) is 4.79 Å². The summed E-state index contributed by atoms with van der Waals surface area (Å²) in [5, 5.41) is 7.65. The molecule has 0 unspecified atom stereocenters. The number of benzene rings is 2. The zero-order valence-electron chi connectivity index (χ0n) is 13.0. The maximum absolute atomic E-state index is 11.8. The highest BCUT2D eigenvalue weighted by atomic mass is 32.1. The summed E-state index contributed by atoms with van der Waals surface area (Å²) in [5.74, 6) is 0.448. The molecule has 0 aliphatic rings. The molecule has 3 rings (SSSR count). The third kappa shape index (κ3) is 3.88. The Morgan fingerprint density at radius 2 is 2.04 bits per heavy atom. The molecular weight excluding hydrogens is 324 g/mol. The van der Waals surface area contributed by atoms with E-state index in [4.69, 9.17) is 4.74 Å². The standard InChI is InChI=1S/C17H16N4O2S/c1-23-14-8-4-2-6-12(14)10-19-21-16(22)11-18-17-20-13-7-3-5-9-15(13)24-17/h2-10H,11H2,1H3,(H,18,20)(H,21,22)/b19-10-. The van der Waals surface area contributed by atoms with E-state index in [0.717, 1.165) is 15.8 Å². The minimum absolute atomic E-state index is 0.100. The number of thiazole rings is 1. The van der Waals surface area contributed by atoms with Crippen molar-refractivity contribution in [3.8, 4) is 5.75 Å². The van der Waals surface area contributed by atoms with Gasteiger partial charge in [0.25, 0.3) is 5.91 Å². The highest BCUT2D eigenvalue weighted by Crippen LogP contribution is 2.24. The fourth-order valence-electron chi connectivity index (χ4n) is 2.09. The molecule has 0 atom stereocenters. The summed E-state index contributed by atoms with van der Waals surface area (Å²) in [6, 6.07) is 15.3. The maximum atomic E-state index is 11.8. The Morgan fingerprint density at radius 3 is 2.88 bits per heavy atom. The van der Waals surface area contributed by atoms with Crippen LogP contribution in [-0.4, -0.2) is 30.8 Å². The fourth-order valence-corrected chi connectivity index (χ4v) is 2.95. The van der Waals surface area contributed by atoms with Gasteiger partial charge in [-0.05, 0) is 24.3 Å². The molecule has 0 aliphatic carbocycles. The molecule has 0 saturated heterocycles. The highest BCUT2D eigenvalue weighted by molar-refractivity contribution is 7.22. The molecule has 7 heteroatoms. The molecule has 1 amide bonds. The van der Waals surface area contributed by atoms with Crippen molar-refractivity contribution in [3.63, 3.8) is 0 Å². The van der Waals surface area contributed by atoms with Gasteiger partial charge in [0.05, 0.1) is 30.1 Å². The Kier molecular flexibility index (Phi) is 5.02. The molecule has 0 fully saturated rings. The smallest absolute Gasteiger partial charge is 0.259 e. The number of hydrogen-bond donors (Lipinski definition) is 2. The first-order valence-electron chi connectivity index (χ1n) is 7.30. The molecular formula is C17H16N4O2S. The predicted octanol–water partition coefficient (Wildman–Crippen LogP) is 2.87. The number of para-hydroxylation sites is 2. The lowest BCUT2D eigenvalue weighted by atomic mass is 10.2. The fraction of sp³-hybridized carbons (Fsp3) is 0.118. The Labute approximate surface area is 143 Å². The number of amides is 1. The second-order valence-corrected chi connectivity index (χ2v) is 5.91. The van der Waals surface area contributed by atoms with Crippen LogP contribution in [0.2, 0.25) is 0 Å². The van der Waals surface area contributed by atoms with Crippen LogP contribution in [-0.2, 0) is 4.79 Å². The molecule has 1 heterocycles. The van der Waals surface area contributed by atoms with Crippen molar-refractivity contribution < 1.29 is 9.53 Å². The number of fused-ring (bicyclic) bond motifs is 1. The zero-order valence-corrected chi connectivity index (χ0v) is 13.8. The molecule has 122 valence electrons. The number of methoxy groups -OCH3 is 1. The first kappa shape index (κ1) is 15.9. The van der Waals surface area contributed by atoms with Crippen LogP contribution in [0, 0.1) is 0 Å². The monoisotopic (exact) mass is 340 g/mol. The van der Waals surface area contributed by atoms with E-state index in [1.54, 1.807) is 13.3 Å². The van der Waals surface area contributed by atoms with Crippen LogP contribution in [0.15, 0.2) is 53.6 Å². The normalized spacial score (nSPS) is 10.9. The Morgan fingerprint density at radius 1 is 1.25 bits per heavy atom. The molecule has 0 spiro atoms. The van der Waals surface area contributed by atoms with Crippen LogP contribution in [0.4, 0.5) is 5.13 Å². The lowest BCUT2D eigenvalue weighted by molar-refractivity contribution is -0.119. The second-order valence-electron chi connectivity index (χ2n) is 4.88. The number of hydrazone groups is 1. The van der Waals surface area contributed by atoms with Crippen molar-refractivity contribution in [2.75, 3.05) is 19.0 Å². The number of ether oxygens (including phenoxy) is 1. The minimum atomic E-state index is -0.250. The SMILES string of the molecule is COc1ccccc1/C=N\NC(=O)CNc1nc2ccccc2s1. The summed E-state index contributed by atoms with van der Waals surface area (Å²) in [4.78, 5) is 16.2. The van der Waals surface area contributed by atoms with Gasteiger partial charge in [0.1, 0.15) is 5.75 Å². The van der Waals surface area contributed by atoms with Gasteiger partial charge in [-0.25, -0.2) is 10.4 Å². The van der Waals surface area contributed by atoms with Gasteiger partial charge in [0, 0.05) is 5.56 Å². The van der Waals surface area contributed by atoms with Crippen molar-refractivity contribution in [1.29, 1.82) is 0 Å². The minimum Gasteiger partial charge on any atom is -0.496 e. The van der Waals surface area contributed by atoms with E-state index >= 15 is 0 Å². The molecule has 0 saturated carbocycles. The number of rotatable bonds is 6. The van der Waals surface area contributed by atoms with Gasteiger partial charge in [-0.2, -0.15) is 5.10 Å². The molecule has 0 bridgehead atoms. The number of nitrogens with one attached hydrogen (secondary N) is 2. The van der Waals surface area contributed by atoms with E-state index in [1.807, 2.05) is 48.5 Å². The van der Waals surface area contributed by atoms with Crippen molar-refractivity contribution >= 4 is 38.8 Å². The second kappa shape index (κ2) is 7.56. The van der Waals surface area contributed by atoms with Gasteiger partial charge in [-0.15, -0.1) is 0 Å². The topological polar surface area (TPSA) is 75.6 Å². The van der Waals surface area contributed by atoms with E-state index in [9.17, 15) is 4.79 Å². The Hall–Kier alpha value is -2.93. The molecule has 1 aromatic heterocycles. The largest absolute Gasteiger partial charge is 0.496 e. The van der Waals surface area contributed by atoms with Crippen LogP contribution >= 0.6 is 11.3 Å². The number of carbonyl (C=O) groups excluding carboxylic acids is 1. The van der Waals surface area contributed by atoms with Gasteiger partial charge < -0.3 is 10.1 Å². The first-order chi connectivity index (χ1) is 11.8. The highest BCUT2D eigenvalue weighted by Gasteiger charge is 2.05. The number of aromatic nitrogens is 1. The van der Waals surface area contributed by atoms with E-state index in [-0.39, 0.29) is 12.5 Å². The molecule has 0 radical (unpaired) electrons. The maximum Gasteiger partial charge on any atom is 0.259 e. The van der Waals surface area contributed by atoms with E-state index in [0.29, 0.717) is 10.9 Å². The van der Waals surface area contributed by atoms with Crippen molar-refractivity contribution in [2.24, 2.45) is 5.10 Å².